The molecule has 1 rings (SSSR count). The number of benzene rings is 1. The van der Waals surface area contributed by atoms with Crippen LogP contribution in [0.4, 0.5) is 13.6 Å². The minimum Gasteiger partial charge on any atom is -0.490 e. The number of amides is 1. The number of methoxy groups -OCH3 is 1. The quantitative estimate of drug-likeness (QED) is 0.644. The fraction of sp³-hybridized carbons (Fsp3) is 0.333. The summed E-state index contributed by atoms with van der Waals surface area (Å²) >= 11 is 0. The average Bonchev–Trinajstić information content (AvgIpc) is 2.41. The van der Waals surface area contributed by atoms with Crippen LogP contribution in [-0.4, -0.2) is 32.6 Å². The number of carbonyl (C=O) groups excluding carboxylic acids is 1. The smallest absolute Gasteiger partial charge is 0.427 e. The summed E-state index contributed by atoms with van der Waals surface area (Å²) in [4.78, 5) is 10.8. The number of para-hydroxylation sites is 1. The number of halogens is 2. The van der Waals surface area contributed by atoms with Crippen LogP contribution >= 0.6 is 0 Å². The molecular weight excluding hydrogens is 274 g/mol. The number of ether oxygens (including phenoxy) is 3. The molecule has 0 saturated carbocycles. The van der Waals surface area contributed by atoms with Gasteiger partial charge in [-0.3, -0.25) is 0 Å². The molecule has 6 nitrogen and oxygen atoms in total. The maximum atomic E-state index is 12.4. The fourth-order valence-electron chi connectivity index (χ4n) is 1.32. The molecule has 0 radical (unpaired) electrons. The fourth-order valence-corrected chi connectivity index (χ4v) is 1.32. The Morgan fingerprint density at radius 2 is 2.25 bits per heavy atom. The van der Waals surface area contributed by atoms with Gasteiger partial charge in [-0.05, 0) is 19.1 Å². The third-order valence-electron chi connectivity index (χ3n) is 2.06. The van der Waals surface area contributed by atoms with E-state index in [1.165, 1.54) is 19.2 Å². The number of alkyl halides is 2. The van der Waals surface area contributed by atoms with Gasteiger partial charge in [0.05, 0.1) is 19.9 Å². The van der Waals surface area contributed by atoms with E-state index in [9.17, 15) is 13.6 Å². The Bertz CT molecular complexity index is 481. The summed E-state index contributed by atoms with van der Waals surface area (Å²) < 4.78 is 38.7. The molecule has 0 aliphatic heterocycles. The first-order valence-corrected chi connectivity index (χ1v) is 5.66. The van der Waals surface area contributed by atoms with Crippen molar-refractivity contribution in [3.63, 3.8) is 0 Å². The molecule has 0 atom stereocenters. The van der Waals surface area contributed by atoms with E-state index in [0.717, 1.165) is 6.21 Å². The van der Waals surface area contributed by atoms with Crippen molar-refractivity contribution in [1.29, 1.82) is 0 Å². The zero-order valence-electron chi connectivity index (χ0n) is 10.9. The number of hydrogen-bond donors (Lipinski definition) is 1. The standard InChI is InChI=1S/C12H14F2N2O4/c1-3-19-9-6-4-5-8(10(9)20-11(13)14)7-15-16-12(17)18-2/h4-7,11H,3H2,1-2H3,(H,16,17)/b15-7-. The molecular formula is C12H14F2N2O4. The lowest BCUT2D eigenvalue weighted by atomic mass is 10.2. The second kappa shape index (κ2) is 7.93. The molecule has 1 aromatic rings. The predicted octanol–water partition coefficient (Wildman–Crippen LogP) is 2.38. The van der Waals surface area contributed by atoms with Crippen molar-refractivity contribution in [1.82, 2.24) is 5.43 Å². The Labute approximate surface area is 114 Å². The van der Waals surface area contributed by atoms with Crippen LogP contribution in [0.5, 0.6) is 11.5 Å². The van der Waals surface area contributed by atoms with Gasteiger partial charge in [0.2, 0.25) is 0 Å². The van der Waals surface area contributed by atoms with Crippen molar-refractivity contribution in [2.75, 3.05) is 13.7 Å². The third-order valence-corrected chi connectivity index (χ3v) is 2.06. The number of hydrogen-bond acceptors (Lipinski definition) is 5. The van der Waals surface area contributed by atoms with Crippen molar-refractivity contribution >= 4 is 12.3 Å². The van der Waals surface area contributed by atoms with Gasteiger partial charge in [-0.1, -0.05) is 6.07 Å². The van der Waals surface area contributed by atoms with Crippen LogP contribution in [0.3, 0.4) is 0 Å². The van der Waals surface area contributed by atoms with Gasteiger partial charge in [-0.15, -0.1) is 0 Å². The molecule has 1 amide bonds. The zero-order chi connectivity index (χ0) is 15.0. The molecule has 20 heavy (non-hydrogen) atoms. The van der Waals surface area contributed by atoms with E-state index >= 15 is 0 Å². The van der Waals surface area contributed by atoms with Gasteiger partial charge in [0, 0.05) is 5.56 Å². The van der Waals surface area contributed by atoms with E-state index in [2.05, 4.69) is 14.6 Å². The maximum Gasteiger partial charge on any atom is 0.427 e. The van der Waals surface area contributed by atoms with Crippen LogP contribution < -0.4 is 14.9 Å². The van der Waals surface area contributed by atoms with Crippen molar-refractivity contribution in [3.05, 3.63) is 23.8 Å². The Kier molecular flexibility index (Phi) is 6.21. The molecule has 0 heterocycles. The van der Waals surface area contributed by atoms with Crippen molar-refractivity contribution < 1.29 is 27.8 Å². The van der Waals surface area contributed by atoms with Crippen LogP contribution in [0.2, 0.25) is 0 Å². The summed E-state index contributed by atoms with van der Waals surface area (Å²) in [7, 11) is 1.17. The van der Waals surface area contributed by atoms with Crippen LogP contribution in [-0.2, 0) is 4.74 Å². The summed E-state index contributed by atoms with van der Waals surface area (Å²) in [6.45, 7) is -0.996. The van der Waals surface area contributed by atoms with E-state index in [1.54, 1.807) is 13.0 Å². The third kappa shape index (κ3) is 4.71. The van der Waals surface area contributed by atoms with E-state index in [1.807, 2.05) is 5.43 Å². The first-order valence-electron chi connectivity index (χ1n) is 5.66. The lowest BCUT2D eigenvalue weighted by molar-refractivity contribution is -0.0515. The summed E-state index contributed by atoms with van der Waals surface area (Å²) in [5, 5.41) is 3.55. The number of nitrogens with zero attached hydrogens (tertiary/aromatic N) is 1. The summed E-state index contributed by atoms with van der Waals surface area (Å²) in [6.07, 6.45) is 0.371. The topological polar surface area (TPSA) is 69.2 Å². The Morgan fingerprint density at radius 1 is 1.50 bits per heavy atom. The molecule has 0 unspecified atom stereocenters. The Hall–Kier alpha value is -2.38. The van der Waals surface area contributed by atoms with Gasteiger partial charge in [0.15, 0.2) is 11.5 Å². The monoisotopic (exact) mass is 288 g/mol. The Balaban J connectivity index is 2.98. The molecule has 0 aromatic heterocycles. The first kappa shape index (κ1) is 15.7. The largest absolute Gasteiger partial charge is 0.490 e. The van der Waals surface area contributed by atoms with E-state index in [-0.39, 0.29) is 17.1 Å². The van der Waals surface area contributed by atoms with Gasteiger partial charge in [-0.25, -0.2) is 10.2 Å². The molecule has 0 aliphatic rings. The molecule has 110 valence electrons. The molecule has 0 fully saturated rings. The second-order valence-electron chi connectivity index (χ2n) is 3.35. The van der Waals surface area contributed by atoms with Crippen molar-refractivity contribution in [3.8, 4) is 11.5 Å². The zero-order valence-corrected chi connectivity index (χ0v) is 10.9. The highest BCUT2D eigenvalue weighted by molar-refractivity contribution is 5.85. The first-order chi connectivity index (χ1) is 9.58. The van der Waals surface area contributed by atoms with Gasteiger partial charge in [0.1, 0.15) is 0 Å². The Morgan fingerprint density at radius 3 is 2.85 bits per heavy atom. The molecule has 0 bridgehead atoms. The highest BCUT2D eigenvalue weighted by Gasteiger charge is 2.14. The van der Waals surface area contributed by atoms with Crippen LogP contribution in [0.25, 0.3) is 0 Å². The van der Waals surface area contributed by atoms with Crippen LogP contribution in [0.1, 0.15) is 12.5 Å². The van der Waals surface area contributed by atoms with E-state index in [0.29, 0.717) is 6.61 Å². The van der Waals surface area contributed by atoms with Crippen LogP contribution in [0.15, 0.2) is 23.3 Å². The molecule has 1 N–H and O–H groups in total. The van der Waals surface area contributed by atoms with Gasteiger partial charge >= 0.3 is 12.7 Å². The van der Waals surface area contributed by atoms with Gasteiger partial charge in [-0.2, -0.15) is 13.9 Å². The number of rotatable bonds is 6. The molecule has 8 heteroatoms. The summed E-state index contributed by atoms with van der Waals surface area (Å²) in [5.74, 6) is 0.00887. The second-order valence-corrected chi connectivity index (χ2v) is 3.35. The average molecular weight is 288 g/mol. The van der Waals surface area contributed by atoms with Gasteiger partial charge < -0.3 is 14.2 Å². The SMILES string of the molecule is CCOc1cccc(/C=N\NC(=O)OC)c1OC(F)F. The normalized spacial score (nSPS) is 10.7. The molecule has 0 aliphatic carbocycles. The number of carbonyl (C=O) groups is 1. The van der Waals surface area contributed by atoms with E-state index < -0.39 is 12.7 Å². The summed E-state index contributed by atoms with van der Waals surface area (Å²) in [6, 6.07) is 4.57. The molecule has 0 spiro atoms. The van der Waals surface area contributed by atoms with Crippen molar-refractivity contribution in [2.24, 2.45) is 5.10 Å². The highest BCUT2D eigenvalue weighted by Crippen LogP contribution is 2.31. The number of nitrogens with one attached hydrogen (secondary N) is 1. The molecule has 0 saturated heterocycles. The van der Waals surface area contributed by atoms with E-state index in [4.69, 9.17) is 4.74 Å². The van der Waals surface area contributed by atoms with Gasteiger partial charge in [0.25, 0.3) is 0 Å². The minimum atomic E-state index is -3.00. The molecule has 1 aromatic carbocycles. The highest BCUT2D eigenvalue weighted by atomic mass is 19.3. The predicted molar refractivity (Wildman–Crippen MR) is 67.4 cm³/mol. The maximum absolute atomic E-state index is 12.4. The minimum absolute atomic E-state index is 0.153. The number of hydrazone groups is 1. The van der Waals surface area contributed by atoms with Crippen molar-refractivity contribution in [2.45, 2.75) is 13.5 Å². The van der Waals surface area contributed by atoms with Crippen LogP contribution in [0, 0.1) is 0 Å². The lowest BCUT2D eigenvalue weighted by Crippen LogP contribution is -2.17. The summed E-state index contributed by atoms with van der Waals surface area (Å²) in [5.41, 5.74) is 2.27. The lowest BCUT2D eigenvalue weighted by Gasteiger charge is -2.13.